The van der Waals surface area contributed by atoms with E-state index in [9.17, 15) is 17.2 Å². The molecule has 23 heavy (non-hydrogen) atoms. The molecule has 4 nitrogen and oxygen atoms in total. The minimum atomic E-state index is -3.67. The van der Waals surface area contributed by atoms with E-state index in [4.69, 9.17) is 5.14 Å². The number of hydrogen-bond donors (Lipinski definition) is 2. The maximum absolute atomic E-state index is 13.1. The van der Waals surface area contributed by atoms with Gasteiger partial charge in [0.2, 0.25) is 10.0 Å². The van der Waals surface area contributed by atoms with Crippen molar-refractivity contribution in [2.24, 2.45) is 11.1 Å². The van der Waals surface area contributed by atoms with Gasteiger partial charge in [0.25, 0.3) is 0 Å². The lowest BCUT2D eigenvalue weighted by Crippen LogP contribution is -2.11. The van der Waals surface area contributed by atoms with Crippen LogP contribution in [0.3, 0.4) is 0 Å². The normalized spacial score (nSPS) is 20.3. The van der Waals surface area contributed by atoms with Gasteiger partial charge in [0.15, 0.2) is 11.6 Å². The number of anilines is 1. The number of nitrogens with two attached hydrogens (primary N) is 1. The number of sulfonamides is 1. The molecule has 3 rings (SSSR count). The fraction of sp³-hybridized carbons (Fsp3) is 0.250. The third-order valence-corrected chi connectivity index (χ3v) is 4.98. The molecule has 0 aliphatic heterocycles. The highest BCUT2D eigenvalue weighted by Crippen LogP contribution is 2.47. The summed E-state index contributed by atoms with van der Waals surface area (Å²) in [4.78, 5) is 0.0957. The molecule has 0 aromatic heterocycles. The van der Waals surface area contributed by atoms with E-state index in [1.54, 1.807) is 12.1 Å². The van der Waals surface area contributed by atoms with Crippen LogP contribution in [-0.4, -0.2) is 15.0 Å². The van der Waals surface area contributed by atoms with Gasteiger partial charge in [0.1, 0.15) is 0 Å². The zero-order valence-corrected chi connectivity index (χ0v) is 13.0. The van der Waals surface area contributed by atoms with E-state index in [-0.39, 0.29) is 4.90 Å². The number of benzene rings is 2. The maximum atomic E-state index is 13.1. The Morgan fingerprint density at radius 2 is 1.78 bits per heavy atom. The highest BCUT2D eigenvalue weighted by atomic mass is 32.2. The first-order chi connectivity index (χ1) is 10.8. The second-order valence-electron chi connectivity index (χ2n) is 5.73. The Morgan fingerprint density at radius 3 is 2.39 bits per heavy atom. The van der Waals surface area contributed by atoms with Gasteiger partial charge in [-0.2, -0.15) is 0 Å². The molecule has 0 radical (unpaired) electrons. The Kier molecular flexibility index (Phi) is 4.08. The molecule has 2 aromatic rings. The third-order valence-electron chi connectivity index (χ3n) is 4.05. The standard InChI is InChI=1S/C16H16F2N2O2S/c17-15-6-3-12(8-16(15)18)20-9-11-7-14(11)10-1-4-13(5-2-10)23(19,21)22/h1-6,8,11,14,20H,7,9H2,(H2,19,21,22)/t11-,14-/m1/s1. The van der Waals surface area contributed by atoms with Crippen molar-refractivity contribution in [3.63, 3.8) is 0 Å². The van der Waals surface area contributed by atoms with Crippen molar-refractivity contribution in [2.75, 3.05) is 11.9 Å². The van der Waals surface area contributed by atoms with Gasteiger partial charge in [-0.1, -0.05) is 12.1 Å². The van der Waals surface area contributed by atoms with E-state index >= 15 is 0 Å². The Labute approximate surface area is 133 Å². The van der Waals surface area contributed by atoms with Crippen LogP contribution in [0, 0.1) is 17.6 Å². The summed E-state index contributed by atoms with van der Waals surface area (Å²) in [7, 11) is -3.67. The van der Waals surface area contributed by atoms with Crippen molar-refractivity contribution in [2.45, 2.75) is 17.2 Å². The van der Waals surface area contributed by atoms with Gasteiger partial charge < -0.3 is 5.32 Å². The van der Waals surface area contributed by atoms with Gasteiger partial charge in [0, 0.05) is 12.2 Å². The number of primary sulfonamides is 1. The lowest BCUT2D eigenvalue weighted by atomic mass is 10.1. The number of halogens is 2. The van der Waals surface area contributed by atoms with Crippen LogP contribution in [0.1, 0.15) is 17.9 Å². The molecule has 0 unspecified atom stereocenters. The topological polar surface area (TPSA) is 72.2 Å². The van der Waals surface area contributed by atoms with Crippen molar-refractivity contribution in [3.8, 4) is 0 Å². The lowest BCUT2D eigenvalue weighted by Gasteiger charge is -2.07. The highest BCUT2D eigenvalue weighted by molar-refractivity contribution is 7.89. The van der Waals surface area contributed by atoms with Gasteiger partial charge >= 0.3 is 0 Å². The zero-order valence-electron chi connectivity index (χ0n) is 12.2. The van der Waals surface area contributed by atoms with E-state index < -0.39 is 21.7 Å². The summed E-state index contributed by atoms with van der Waals surface area (Å²) >= 11 is 0. The second-order valence-corrected chi connectivity index (χ2v) is 7.29. The molecule has 0 amide bonds. The van der Waals surface area contributed by atoms with Gasteiger partial charge in [-0.15, -0.1) is 0 Å². The maximum Gasteiger partial charge on any atom is 0.238 e. The highest BCUT2D eigenvalue weighted by Gasteiger charge is 2.37. The van der Waals surface area contributed by atoms with Gasteiger partial charge in [0.05, 0.1) is 4.90 Å². The molecule has 1 fully saturated rings. The first-order valence-electron chi connectivity index (χ1n) is 7.16. The lowest BCUT2D eigenvalue weighted by molar-refractivity contribution is 0.509. The van der Waals surface area contributed by atoms with Crippen LogP contribution in [-0.2, 0) is 10.0 Å². The van der Waals surface area contributed by atoms with E-state index in [1.807, 2.05) is 0 Å². The molecule has 3 N–H and O–H groups in total. The van der Waals surface area contributed by atoms with Crippen LogP contribution in [0.2, 0.25) is 0 Å². The molecular weight excluding hydrogens is 322 g/mol. The fourth-order valence-electron chi connectivity index (χ4n) is 2.64. The molecule has 0 spiro atoms. The monoisotopic (exact) mass is 338 g/mol. The molecule has 1 aliphatic carbocycles. The molecule has 0 bridgehead atoms. The average Bonchev–Trinajstić information content (AvgIpc) is 3.27. The Balaban J connectivity index is 1.58. The molecular formula is C16H16F2N2O2S. The van der Waals surface area contributed by atoms with Gasteiger partial charge in [-0.25, -0.2) is 22.3 Å². The smallest absolute Gasteiger partial charge is 0.238 e. The van der Waals surface area contributed by atoms with Crippen LogP contribution in [0.4, 0.5) is 14.5 Å². The molecule has 2 atom stereocenters. The summed E-state index contributed by atoms with van der Waals surface area (Å²) in [6, 6.07) is 10.3. The molecule has 7 heteroatoms. The summed E-state index contributed by atoms with van der Waals surface area (Å²) in [5.74, 6) is -1.03. The molecule has 1 aliphatic rings. The first kappa shape index (κ1) is 15.9. The molecule has 0 saturated heterocycles. The van der Waals surface area contributed by atoms with Crippen molar-refractivity contribution < 1.29 is 17.2 Å². The fourth-order valence-corrected chi connectivity index (χ4v) is 3.16. The van der Waals surface area contributed by atoms with E-state index in [0.717, 1.165) is 24.1 Å². The molecule has 1 saturated carbocycles. The van der Waals surface area contributed by atoms with E-state index in [2.05, 4.69) is 5.32 Å². The van der Waals surface area contributed by atoms with E-state index in [0.29, 0.717) is 24.1 Å². The second kappa shape index (κ2) is 5.90. The average molecular weight is 338 g/mol. The predicted molar refractivity (Wildman–Crippen MR) is 83.5 cm³/mol. The van der Waals surface area contributed by atoms with Crippen LogP contribution in [0.15, 0.2) is 47.4 Å². The summed E-state index contributed by atoms with van der Waals surface area (Å²) in [6.45, 7) is 0.646. The van der Waals surface area contributed by atoms with Crippen molar-refractivity contribution in [1.82, 2.24) is 0 Å². The SMILES string of the molecule is NS(=O)(=O)c1ccc([C@H]2C[C@@H]2CNc2ccc(F)c(F)c2)cc1. The molecule has 2 aromatic carbocycles. The first-order valence-corrected chi connectivity index (χ1v) is 8.71. The number of rotatable bonds is 5. The van der Waals surface area contributed by atoms with Crippen LogP contribution < -0.4 is 10.5 Å². The van der Waals surface area contributed by atoms with E-state index in [1.165, 1.54) is 18.2 Å². The van der Waals surface area contributed by atoms with Gasteiger partial charge in [-0.3, -0.25) is 0 Å². The number of hydrogen-bond acceptors (Lipinski definition) is 3. The summed E-state index contributed by atoms with van der Waals surface area (Å²) in [6.07, 6.45) is 0.964. The summed E-state index contributed by atoms with van der Waals surface area (Å²) in [5.41, 5.74) is 1.59. The zero-order chi connectivity index (χ0) is 16.6. The van der Waals surface area contributed by atoms with Crippen LogP contribution in [0.5, 0.6) is 0 Å². The quantitative estimate of drug-likeness (QED) is 0.880. The summed E-state index contributed by atoms with van der Waals surface area (Å²) < 4.78 is 48.4. The number of nitrogens with one attached hydrogen (secondary N) is 1. The Bertz CT molecular complexity index is 822. The minimum Gasteiger partial charge on any atom is -0.385 e. The molecule has 122 valence electrons. The van der Waals surface area contributed by atoms with Crippen LogP contribution in [0.25, 0.3) is 0 Å². The predicted octanol–water partition coefficient (Wildman–Crippen LogP) is 2.83. The molecule has 0 heterocycles. The van der Waals surface area contributed by atoms with Crippen LogP contribution >= 0.6 is 0 Å². The van der Waals surface area contributed by atoms with Crippen molar-refractivity contribution >= 4 is 15.7 Å². The summed E-state index contributed by atoms with van der Waals surface area (Å²) in [5, 5.41) is 8.15. The Hall–Kier alpha value is -1.99. The Morgan fingerprint density at radius 1 is 1.09 bits per heavy atom. The van der Waals surface area contributed by atoms with Gasteiger partial charge in [-0.05, 0) is 54.2 Å². The largest absolute Gasteiger partial charge is 0.385 e. The minimum absolute atomic E-state index is 0.0957. The van der Waals surface area contributed by atoms with Crippen molar-refractivity contribution in [3.05, 3.63) is 59.7 Å². The third kappa shape index (κ3) is 3.68. The van der Waals surface area contributed by atoms with Crippen molar-refractivity contribution in [1.29, 1.82) is 0 Å².